The van der Waals surface area contributed by atoms with E-state index in [9.17, 15) is 18.4 Å². The monoisotopic (exact) mass is 375 g/mol. The molecule has 0 spiro atoms. The summed E-state index contributed by atoms with van der Waals surface area (Å²) in [5.41, 5.74) is 5.46. The lowest BCUT2D eigenvalue weighted by Crippen LogP contribution is -2.40. The van der Waals surface area contributed by atoms with Gasteiger partial charge in [-0.15, -0.1) is 0 Å². The number of ether oxygens (including phenoxy) is 1. The van der Waals surface area contributed by atoms with Gasteiger partial charge in [-0.3, -0.25) is 9.59 Å². The summed E-state index contributed by atoms with van der Waals surface area (Å²) in [6, 6.07) is 6.17. The second kappa shape index (κ2) is 8.11. The molecule has 0 bridgehead atoms. The van der Waals surface area contributed by atoms with Gasteiger partial charge in [0.15, 0.2) is 11.4 Å². The van der Waals surface area contributed by atoms with Gasteiger partial charge < -0.3 is 15.4 Å². The van der Waals surface area contributed by atoms with Crippen LogP contribution in [0.15, 0.2) is 36.5 Å². The molecule has 8 heteroatoms. The summed E-state index contributed by atoms with van der Waals surface area (Å²) in [6.45, 7) is 0.703. The van der Waals surface area contributed by atoms with Crippen LogP contribution in [0, 0.1) is 11.6 Å². The van der Waals surface area contributed by atoms with Crippen molar-refractivity contribution in [3.8, 4) is 5.75 Å². The van der Waals surface area contributed by atoms with Crippen molar-refractivity contribution in [1.29, 1.82) is 0 Å². The van der Waals surface area contributed by atoms with Crippen molar-refractivity contribution >= 4 is 11.8 Å². The second-order valence-electron chi connectivity index (χ2n) is 6.32. The fraction of sp³-hybridized carbons (Fsp3) is 0.316. The zero-order chi connectivity index (χ0) is 19.4. The summed E-state index contributed by atoms with van der Waals surface area (Å²) < 4.78 is 32.5. The Labute approximate surface area is 154 Å². The fourth-order valence-electron chi connectivity index (χ4n) is 3.14. The number of amides is 2. The molecule has 2 amide bonds. The smallest absolute Gasteiger partial charge is 0.271 e. The zero-order valence-corrected chi connectivity index (χ0v) is 14.5. The van der Waals surface area contributed by atoms with Gasteiger partial charge in [0.2, 0.25) is 5.91 Å². The normalized spacial score (nSPS) is 16.4. The minimum atomic E-state index is -0.739. The van der Waals surface area contributed by atoms with E-state index < -0.39 is 17.5 Å². The van der Waals surface area contributed by atoms with Crippen LogP contribution in [0.3, 0.4) is 0 Å². The Kier molecular flexibility index (Phi) is 5.63. The molecular formula is C19H19F2N3O3. The third kappa shape index (κ3) is 4.39. The summed E-state index contributed by atoms with van der Waals surface area (Å²) in [7, 11) is 0. The standard InChI is InChI=1S/C19H19F2N3O3/c20-13-6-5-12(15(21)10-13)9-17(25)24-8-2-3-14(24)11-27-16-4-1-7-23-18(16)19(22)26/h1,4-7,10,14H,2-3,8-9,11H2,(H2,22,26)/t14-/m1/s1. The predicted molar refractivity (Wildman–Crippen MR) is 93.0 cm³/mol. The van der Waals surface area contributed by atoms with Crippen LogP contribution < -0.4 is 10.5 Å². The van der Waals surface area contributed by atoms with Crippen molar-refractivity contribution in [1.82, 2.24) is 9.88 Å². The number of primary amides is 1. The number of benzene rings is 1. The van der Waals surface area contributed by atoms with E-state index in [1.807, 2.05) is 0 Å². The van der Waals surface area contributed by atoms with E-state index in [4.69, 9.17) is 10.5 Å². The first kappa shape index (κ1) is 18.8. The molecule has 6 nitrogen and oxygen atoms in total. The summed E-state index contributed by atoms with van der Waals surface area (Å²) in [5, 5.41) is 0. The number of carbonyl (C=O) groups is 2. The van der Waals surface area contributed by atoms with E-state index in [2.05, 4.69) is 4.98 Å². The molecule has 2 aromatic rings. The van der Waals surface area contributed by atoms with Crippen LogP contribution in [0.4, 0.5) is 8.78 Å². The topological polar surface area (TPSA) is 85.5 Å². The minimum Gasteiger partial charge on any atom is -0.489 e. The molecule has 0 unspecified atom stereocenters. The van der Waals surface area contributed by atoms with Crippen LogP contribution in [-0.2, 0) is 11.2 Å². The van der Waals surface area contributed by atoms with E-state index in [1.54, 1.807) is 17.0 Å². The van der Waals surface area contributed by atoms with Gasteiger partial charge in [-0.25, -0.2) is 13.8 Å². The average Bonchev–Trinajstić information content (AvgIpc) is 3.11. The Bertz CT molecular complexity index is 860. The highest BCUT2D eigenvalue weighted by atomic mass is 19.1. The van der Waals surface area contributed by atoms with Gasteiger partial charge in [-0.2, -0.15) is 0 Å². The van der Waals surface area contributed by atoms with Crippen molar-refractivity contribution in [2.75, 3.05) is 13.2 Å². The molecule has 1 aliphatic heterocycles. The highest BCUT2D eigenvalue weighted by molar-refractivity contribution is 5.93. The van der Waals surface area contributed by atoms with Crippen LogP contribution in [-0.4, -0.2) is 40.9 Å². The number of likely N-dealkylation sites (tertiary alicyclic amines) is 1. The maximum absolute atomic E-state index is 13.8. The zero-order valence-electron chi connectivity index (χ0n) is 14.5. The van der Waals surface area contributed by atoms with Crippen LogP contribution in [0.1, 0.15) is 28.9 Å². The Balaban J connectivity index is 1.65. The molecular weight excluding hydrogens is 356 g/mol. The SMILES string of the molecule is NC(=O)c1ncccc1OC[C@H]1CCCN1C(=O)Cc1ccc(F)cc1F. The number of aromatic nitrogens is 1. The molecule has 0 saturated carbocycles. The molecule has 3 rings (SSSR count). The molecule has 1 saturated heterocycles. The Morgan fingerprint density at radius 1 is 1.30 bits per heavy atom. The van der Waals surface area contributed by atoms with Gasteiger partial charge in [-0.1, -0.05) is 6.07 Å². The first-order valence-electron chi connectivity index (χ1n) is 8.56. The van der Waals surface area contributed by atoms with E-state index in [1.165, 1.54) is 12.3 Å². The number of pyridine rings is 1. The highest BCUT2D eigenvalue weighted by Crippen LogP contribution is 2.22. The predicted octanol–water partition coefficient (Wildman–Crippen LogP) is 2.07. The molecule has 2 heterocycles. The molecule has 27 heavy (non-hydrogen) atoms. The van der Waals surface area contributed by atoms with Gasteiger partial charge in [-0.05, 0) is 36.6 Å². The number of carbonyl (C=O) groups excluding carboxylic acids is 2. The number of hydrogen-bond acceptors (Lipinski definition) is 4. The Morgan fingerprint density at radius 3 is 2.85 bits per heavy atom. The van der Waals surface area contributed by atoms with Crippen LogP contribution in [0.2, 0.25) is 0 Å². The maximum atomic E-state index is 13.8. The molecule has 1 aliphatic rings. The first-order chi connectivity index (χ1) is 13.0. The molecule has 1 atom stereocenters. The van der Waals surface area contributed by atoms with Crippen LogP contribution in [0.5, 0.6) is 5.75 Å². The summed E-state index contributed by atoms with van der Waals surface area (Å²) in [4.78, 5) is 29.5. The van der Waals surface area contributed by atoms with Crippen molar-refractivity contribution in [3.05, 3.63) is 59.4 Å². The minimum absolute atomic E-state index is 0.0294. The number of rotatable bonds is 6. The quantitative estimate of drug-likeness (QED) is 0.838. The molecule has 0 aliphatic carbocycles. The Morgan fingerprint density at radius 2 is 2.11 bits per heavy atom. The van der Waals surface area contributed by atoms with Crippen LogP contribution in [0.25, 0.3) is 0 Å². The number of halogens is 2. The van der Waals surface area contributed by atoms with E-state index in [0.29, 0.717) is 6.54 Å². The van der Waals surface area contributed by atoms with E-state index >= 15 is 0 Å². The maximum Gasteiger partial charge on any atom is 0.271 e. The second-order valence-corrected chi connectivity index (χ2v) is 6.32. The van der Waals surface area contributed by atoms with E-state index in [0.717, 1.165) is 25.0 Å². The largest absolute Gasteiger partial charge is 0.489 e. The number of nitrogens with zero attached hydrogens (tertiary/aromatic N) is 2. The van der Waals surface area contributed by atoms with Crippen molar-refractivity contribution in [2.45, 2.75) is 25.3 Å². The fourth-order valence-corrected chi connectivity index (χ4v) is 3.14. The third-order valence-corrected chi connectivity index (χ3v) is 4.49. The molecule has 1 aromatic heterocycles. The van der Waals surface area contributed by atoms with E-state index in [-0.39, 0.29) is 42.0 Å². The highest BCUT2D eigenvalue weighted by Gasteiger charge is 2.30. The van der Waals surface area contributed by atoms with Crippen molar-refractivity contribution in [3.63, 3.8) is 0 Å². The molecule has 142 valence electrons. The average molecular weight is 375 g/mol. The number of nitrogens with two attached hydrogens (primary N) is 1. The van der Waals surface area contributed by atoms with Gasteiger partial charge >= 0.3 is 0 Å². The van der Waals surface area contributed by atoms with Crippen LogP contribution >= 0.6 is 0 Å². The van der Waals surface area contributed by atoms with Gasteiger partial charge in [0.1, 0.15) is 18.2 Å². The summed E-state index contributed by atoms with van der Waals surface area (Å²) >= 11 is 0. The molecule has 0 radical (unpaired) electrons. The summed E-state index contributed by atoms with van der Waals surface area (Å²) in [5.74, 6) is -2.12. The van der Waals surface area contributed by atoms with Crippen molar-refractivity contribution < 1.29 is 23.1 Å². The van der Waals surface area contributed by atoms with Gasteiger partial charge in [0, 0.05) is 18.8 Å². The lowest BCUT2D eigenvalue weighted by atomic mass is 10.1. The molecule has 1 aromatic carbocycles. The third-order valence-electron chi connectivity index (χ3n) is 4.49. The number of hydrogen-bond donors (Lipinski definition) is 1. The molecule has 1 fully saturated rings. The lowest BCUT2D eigenvalue weighted by molar-refractivity contribution is -0.131. The Hall–Kier alpha value is -3.03. The van der Waals surface area contributed by atoms with Gasteiger partial charge in [0.25, 0.3) is 5.91 Å². The summed E-state index contributed by atoms with van der Waals surface area (Å²) in [6.07, 6.45) is 2.81. The molecule has 2 N–H and O–H groups in total. The lowest BCUT2D eigenvalue weighted by Gasteiger charge is -2.25. The van der Waals surface area contributed by atoms with Crippen molar-refractivity contribution in [2.24, 2.45) is 5.73 Å². The first-order valence-corrected chi connectivity index (χ1v) is 8.56. The van der Waals surface area contributed by atoms with Gasteiger partial charge in [0.05, 0.1) is 12.5 Å².